The molecule has 25 heavy (non-hydrogen) atoms. The van der Waals surface area contributed by atoms with E-state index in [1.165, 1.54) is 0 Å². The average molecular weight is 346 g/mol. The van der Waals surface area contributed by atoms with Crippen molar-refractivity contribution in [3.63, 3.8) is 0 Å². The van der Waals surface area contributed by atoms with E-state index in [0.29, 0.717) is 13.0 Å². The van der Waals surface area contributed by atoms with Gasteiger partial charge in [-0.1, -0.05) is 0 Å². The molecule has 2 aliphatic heterocycles. The van der Waals surface area contributed by atoms with Gasteiger partial charge in [0.25, 0.3) is 0 Å². The minimum Gasteiger partial charge on any atom is -0.353 e. The molecule has 1 aromatic heterocycles. The van der Waals surface area contributed by atoms with E-state index in [1.807, 2.05) is 42.7 Å². The molecule has 0 aromatic carbocycles. The van der Waals surface area contributed by atoms with Gasteiger partial charge in [0.1, 0.15) is 0 Å². The fourth-order valence-corrected chi connectivity index (χ4v) is 3.75. The lowest BCUT2D eigenvalue weighted by Crippen LogP contribution is -2.51. The molecule has 3 heterocycles. The van der Waals surface area contributed by atoms with Gasteiger partial charge < -0.3 is 14.4 Å². The van der Waals surface area contributed by atoms with Crippen molar-refractivity contribution in [3.8, 4) is 0 Å². The van der Waals surface area contributed by atoms with Crippen molar-refractivity contribution in [1.29, 1.82) is 0 Å². The molecule has 138 valence electrons. The van der Waals surface area contributed by atoms with Crippen LogP contribution in [0.5, 0.6) is 0 Å². The Balaban J connectivity index is 1.46. The van der Waals surface area contributed by atoms with Crippen molar-refractivity contribution in [2.24, 2.45) is 5.92 Å². The maximum Gasteiger partial charge on any atom is 0.228 e. The normalized spacial score (nSPS) is 22.7. The summed E-state index contributed by atoms with van der Waals surface area (Å²) in [6, 6.07) is 4.08. The van der Waals surface area contributed by atoms with Crippen LogP contribution in [0.15, 0.2) is 24.5 Å². The first kappa shape index (κ1) is 18.0. The van der Waals surface area contributed by atoms with Crippen LogP contribution in [0.1, 0.15) is 27.2 Å². The molecule has 0 saturated carbocycles. The summed E-state index contributed by atoms with van der Waals surface area (Å²) in [6.07, 6.45) is 4.53. The standard InChI is InChI=1S/C19H30N4O2/c1-19(2,3)23-15-16(14-17(23)24)18(25)22-12-10-21(11-13-22)9-8-20-6-4-5-7-20/h4-7,16H,8-15H2,1-3H3/t16-/m1/s1. The Labute approximate surface area is 150 Å². The molecule has 0 bridgehead atoms. The number of likely N-dealkylation sites (tertiary alicyclic amines) is 1. The van der Waals surface area contributed by atoms with Crippen LogP contribution in [-0.4, -0.2) is 75.9 Å². The zero-order chi connectivity index (χ0) is 18.0. The van der Waals surface area contributed by atoms with Gasteiger partial charge >= 0.3 is 0 Å². The Hall–Kier alpha value is -1.82. The minimum atomic E-state index is -0.205. The molecule has 2 amide bonds. The third-order valence-corrected chi connectivity index (χ3v) is 5.31. The van der Waals surface area contributed by atoms with Crippen LogP contribution in [0.4, 0.5) is 0 Å². The molecule has 6 heteroatoms. The molecule has 0 N–H and O–H groups in total. The molecule has 0 unspecified atom stereocenters. The summed E-state index contributed by atoms with van der Waals surface area (Å²) in [7, 11) is 0. The van der Waals surface area contributed by atoms with Gasteiger partial charge in [0.05, 0.1) is 5.92 Å². The summed E-state index contributed by atoms with van der Waals surface area (Å²) in [6.45, 7) is 12.0. The summed E-state index contributed by atoms with van der Waals surface area (Å²) in [5.41, 5.74) is -0.205. The number of aromatic nitrogens is 1. The maximum absolute atomic E-state index is 12.8. The number of hydrogen-bond acceptors (Lipinski definition) is 3. The van der Waals surface area contributed by atoms with Crippen LogP contribution in [0.2, 0.25) is 0 Å². The molecule has 3 rings (SSSR count). The van der Waals surface area contributed by atoms with E-state index in [4.69, 9.17) is 0 Å². The fourth-order valence-electron chi connectivity index (χ4n) is 3.75. The first-order valence-corrected chi connectivity index (χ1v) is 9.27. The number of piperazine rings is 1. The fraction of sp³-hybridized carbons (Fsp3) is 0.684. The number of carbonyl (C=O) groups excluding carboxylic acids is 2. The first-order valence-electron chi connectivity index (χ1n) is 9.27. The minimum absolute atomic E-state index is 0.108. The molecular weight excluding hydrogens is 316 g/mol. The highest BCUT2D eigenvalue weighted by Crippen LogP contribution is 2.27. The second kappa shape index (κ2) is 7.20. The Morgan fingerprint density at radius 3 is 2.28 bits per heavy atom. The van der Waals surface area contributed by atoms with E-state index in [2.05, 4.69) is 21.9 Å². The monoisotopic (exact) mass is 346 g/mol. The van der Waals surface area contributed by atoms with Crippen LogP contribution >= 0.6 is 0 Å². The van der Waals surface area contributed by atoms with Crippen molar-refractivity contribution < 1.29 is 9.59 Å². The number of carbonyl (C=O) groups is 2. The van der Waals surface area contributed by atoms with E-state index in [9.17, 15) is 9.59 Å². The van der Waals surface area contributed by atoms with Gasteiger partial charge in [-0.15, -0.1) is 0 Å². The summed E-state index contributed by atoms with van der Waals surface area (Å²) >= 11 is 0. The van der Waals surface area contributed by atoms with E-state index >= 15 is 0 Å². The second-order valence-electron chi connectivity index (χ2n) is 8.16. The Bertz CT molecular complexity index is 597. The van der Waals surface area contributed by atoms with Crippen molar-refractivity contribution in [3.05, 3.63) is 24.5 Å². The third-order valence-electron chi connectivity index (χ3n) is 5.31. The highest BCUT2D eigenvalue weighted by molar-refractivity contribution is 5.89. The van der Waals surface area contributed by atoms with Gasteiger partial charge in [0.15, 0.2) is 0 Å². The lowest BCUT2D eigenvalue weighted by atomic mass is 10.1. The Morgan fingerprint density at radius 1 is 1.08 bits per heavy atom. The van der Waals surface area contributed by atoms with Crippen molar-refractivity contribution in [2.45, 2.75) is 39.3 Å². The van der Waals surface area contributed by atoms with Crippen molar-refractivity contribution in [1.82, 2.24) is 19.3 Å². The topological polar surface area (TPSA) is 48.8 Å². The zero-order valence-corrected chi connectivity index (χ0v) is 15.6. The Morgan fingerprint density at radius 2 is 1.72 bits per heavy atom. The molecule has 6 nitrogen and oxygen atoms in total. The molecule has 2 saturated heterocycles. The van der Waals surface area contributed by atoms with Gasteiger partial charge in [0.2, 0.25) is 11.8 Å². The molecule has 0 spiro atoms. The second-order valence-corrected chi connectivity index (χ2v) is 8.16. The van der Waals surface area contributed by atoms with Gasteiger partial charge in [-0.3, -0.25) is 14.5 Å². The highest BCUT2D eigenvalue weighted by atomic mass is 16.2. The largest absolute Gasteiger partial charge is 0.353 e. The number of amides is 2. The highest BCUT2D eigenvalue weighted by Gasteiger charge is 2.41. The Kier molecular flexibility index (Phi) is 5.18. The lowest BCUT2D eigenvalue weighted by molar-refractivity contribution is -0.137. The van der Waals surface area contributed by atoms with Crippen LogP contribution in [-0.2, 0) is 16.1 Å². The molecule has 1 aromatic rings. The molecule has 2 fully saturated rings. The summed E-state index contributed by atoms with van der Waals surface area (Å²) in [4.78, 5) is 31.2. The summed E-state index contributed by atoms with van der Waals surface area (Å²) in [5, 5.41) is 0. The third kappa shape index (κ3) is 4.24. The maximum atomic E-state index is 12.8. The van der Waals surface area contributed by atoms with Crippen molar-refractivity contribution in [2.75, 3.05) is 39.3 Å². The van der Waals surface area contributed by atoms with Crippen molar-refractivity contribution >= 4 is 11.8 Å². The van der Waals surface area contributed by atoms with E-state index in [1.54, 1.807) is 0 Å². The van der Waals surface area contributed by atoms with Gasteiger partial charge in [-0.2, -0.15) is 0 Å². The predicted octanol–water partition coefficient (Wildman–Crippen LogP) is 1.28. The van der Waals surface area contributed by atoms with Crippen LogP contribution < -0.4 is 0 Å². The first-order chi connectivity index (χ1) is 11.8. The van der Waals surface area contributed by atoms with Gasteiger partial charge in [0, 0.05) is 70.2 Å². The smallest absolute Gasteiger partial charge is 0.228 e. The van der Waals surface area contributed by atoms with Crippen LogP contribution in [0.25, 0.3) is 0 Å². The van der Waals surface area contributed by atoms with Gasteiger partial charge in [-0.05, 0) is 32.9 Å². The molecule has 1 atom stereocenters. The molecular formula is C19H30N4O2. The molecule has 0 radical (unpaired) electrons. The predicted molar refractivity (Wildman–Crippen MR) is 97.0 cm³/mol. The average Bonchev–Trinajstić information content (AvgIpc) is 3.21. The van der Waals surface area contributed by atoms with Crippen LogP contribution in [0.3, 0.4) is 0 Å². The van der Waals surface area contributed by atoms with E-state index < -0.39 is 0 Å². The quantitative estimate of drug-likeness (QED) is 0.825. The van der Waals surface area contributed by atoms with E-state index in [0.717, 1.165) is 39.3 Å². The molecule has 2 aliphatic rings. The summed E-state index contributed by atoms with van der Waals surface area (Å²) in [5.74, 6) is 0.0968. The number of hydrogen-bond donors (Lipinski definition) is 0. The van der Waals surface area contributed by atoms with Gasteiger partial charge in [-0.25, -0.2) is 0 Å². The number of rotatable bonds is 4. The van der Waals surface area contributed by atoms with Crippen LogP contribution in [0, 0.1) is 5.92 Å². The lowest BCUT2D eigenvalue weighted by Gasteiger charge is -2.36. The zero-order valence-electron chi connectivity index (χ0n) is 15.6. The summed E-state index contributed by atoms with van der Waals surface area (Å²) < 4.78 is 2.18. The van der Waals surface area contributed by atoms with E-state index in [-0.39, 0.29) is 23.3 Å². The number of nitrogens with zero attached hydrogens (tertiary/aromatic N) is 4. The SMILES string of the molecule is CC(C)(C)N1C[C@H](C(=O)N2CCN(CCn3cccc3)CC2)CC1=O. The molecule has 0 aliphatic carbocycles.